The third kappa shape index (κ3) is 2.50. The quantitative estimate of drug-likeness (QED) is 0.795. The highest BCUT2D eigenvalue weighted by atomic mass is 35.5. The molecule has 0 aromatic heterocycles. The number of hydrogen-bond donors (Lipinski definition) is 2. The molecular weight excluding hydrogens is 231 g/mol. The molecule has 3 N–H and O–H groups in total. The fraction of sp³-hybridized carbons (Fsp3) is 0.455. The van der Waals surface area contributed by atoms with Gasteiger partial charge >= 0.3 is 0 Å². The summed E-state index contributed by atoms with van der Waals surface area (Å²) in [7, 11) is 0. The van der Waals surface area contributed by atoms with E-state index < -0.39 is 0 Å². The minimum Gasteiger partial charge on any atom is -0.399 e. The summed E-state index contributed by atoms with van der Waals surface area (Å²) >= 11 is 12.1. The molecule has 0 aliphatic heterocycles. The van der Waals surface area contributed by atoms with E-state index in [2.05, 4.69) is 12.2 Å². The first-order valence-electron chi connectivity index (χ1n) is 4.99. The number of hydrogen-bond acceptors (Lipinski definition) is 2. The third-order valence-corrected chi connectivity index (χ3v) is 3.46. The van der Waals surface area contributed by atoms with Crippen molar-refractivity contribution in [2.24, 2.45) is 5.41 Å². The van der Waals surface area contributed by atoms with Crippen LogP contribution in [0.25, 0.3) is 0 Å². The molecule has 2 nitrogen and oxygen atoms in total. The lowest BCUT2D eigenvalue weighted by atomic mass is 10.1. The van der Waals surface area contributed by atoms with Crippen LogP contribution in [0.3, 0.4) is 0 Å². The highest BCUT2D eigenvalue weighted by molar-refractivity contribution is 6.39. The normalized spacial score (nSPS) is 17.5. The second-order valence-corrected chi connectivity index (χ2v) is 5.34. The fourth-order valence-corrected chi connectivity index (χ4v) is 2.09. The zero-order valence-electron chi connectivity index (χ0n) is 8.61. The number of nitrogens with one attached hydrogen (secondary N) is 1. The Morgan fingerprint density at radius 2 is 1.87 bits per heavy atom. The van der Waals surface area contributed by atoms with Crippen LogP contribution in [-0.4, -0.2) is 6.54 Å². The van der Waals surface area contributed by atoms with Crippen molar-refractivity contribution in [2.75, 3.05) is 17.6 Å². The Morgan fingerprint density at radius 1 is 1.33 bits per heavy atom. The van der Waals surface area contributed by atoms with Crippen molar-refractivity contribution >= 4 is 34.6 Å². The van der Waals surface area contributed by atoms with Crippen molar-refractivity contribution in [1.29, 1.82) is 0 Å². The van der Waals surface area contributed by atoms with Gasteiger partial charge in [-0.25, -0.2) is 0 Å². The van der Waals surface area contributed by atoms with E-state index in [1.807, 2.05) is 0 Å². The van der Waals surface area contributed by atoms with E-state index in [1.54, 1.807) is 12.1 Å². The molecule has 0 amide bonds. The van der Waals surface area contributed by atoms with Crippen LogP contribution >= 0.6 is 23.2 Å². The van der Waals surface area contributed by atoms with Gasteiger partial charge in [-0.15, -0.1) is 0 Å². The Labute approximate surface area is 99.7 Å². The van der Waals surface area contributed by atoms with Gasteiger partial charge in [0.1, 0.15) is 0 Å². The van der Waals surface area contributed by atoms with E-state index in [0.717, 1.165) is 12.2 Å². The van der Waals surface area contributed by atoms with Crippen molar-refractivity contribution in [3.8, 4) is 0 Å². The van der Waals surface area contributed by atoms with Gasteiger partial charge in [-0.05, 0) is 30.4 Å². The first-order valence-corrected chi connectivity index (χ1v) is 5.74. The SMILES string of the molecule is CC1(CNc2c(Cl)cc(N)cc2Cl)CC1. The first-order chi connectivity index (χ1) is 7.00. The van der Waals surface area contributed by atoms with Crippen LogP contribution in [0.15, 0.2) is 12.1 Å². The summed E-state index contributed by atoms with van der Waals surface area (Å²) in [5.41, 5.74) is 7.43. The molecular formula is C11H14Cl2N2. The monoisotopic (exact) mass is 244 g/mol. The van der Waals surface area contributed by atoms with Crippen LogP contribution in [0.1, 0.15) is 19.8 Å². The maximum absolute atomic E-state index is 6.06. The summed E-state index contributed by atoms with van der Waals surface area (Å²) in [6, 6.07) is 3.43. The van der Waals surface area contributed by atoms with Crippen molar-refractivity contribution < 1.29 is 0 Å². The first kappa shape index (κ1) is 10.9. The van der Waals surface area contributed by atoms with Crippen LogP contribution in [0.5, 0.6) is 0 Å². The van der Waals surface area contributed by atoms with Gasteiger partial charge in [-0.2, -0.15) is 0 Å². The average molecular weight is 245 g/mol. The molecule has 1 saturated carbocycles. The molecule has 2 rings (SSSR count). The van der Waals surface area contributed by atoms with Crippen LogP contribution in [0, 0.1) is 5.41 Å². The molecule has 0 radical (unpaired) electrons. The standard InChI is InChI=1S/C11H14Cl2N2/c1-11(2-3-11)6-15-10-8(12)4-7(14)5-9(10)13/h4-5,15H,2-3,6,14H2,1H3. The molecule has 1 aromatic rings. The van der Waals surface area contributed by atoms with E-state index >= 15 is 0 Å². The van der Waals surface area contributed by atoms with E-state index in [9.17, 15) is 0 Å². The van der Waals surface area contributed by atoms with Gasteiger partial charge in [0.25, 0.3) is 0 Å². The van der Waals surface area contributed by atoms with E-state index in [-0.39, 0.29) is 0 Å². The van der Waals surface area contributed by atoms with Gasteiger partial charge in [0.05, 0.1) is 15.7 Å². The lowest BCUT2D eigenvalue weighted by Gasteiger charge is -2.14. The van der Waals surface area contributed by atoms with Gasteiger partial charge in [-0.1, -0.05) is 30.1 Å². The number of nitrogens with two attached hydrogens (primary N) is 1. The predicted molar refractivity (Wildman–Crippen MR) is 66.7 cm³/mol. The number of rotatable bonds is 3. The summed E-state index contributed by atoms with van der Waals surface area (Å²) in [4.78, 5) is 0. The molecule has 1 aliphatic carbocycles. The molecule has 1 aromatic carbocycles. The second-order valence-electron chi connectivity index (χ2n) is 4.52. The molecule has 0 atom stereocenters. The smallest absolute Gasteiger partial charge is 0.0720 e. The number of anilines is 2. The van der Waals surface area contributed by atoms with Gasteiger partial charge in [-0.3, -0.25) is 0 Å². The fourth-order valence-electron chi connectivity index (χ4n) is 1.45. The van der Waals surface area contributed by atoms with Crippen molar-refractivity contribution in [1.82, 2.24) is 0 Å². The zero-order chi connectivity index (χ0) is 11.1. The zero-order valence-corrected chi connectivity index (χ0v) is 10.1. The molecule has 82 valence electrons. The van der Waals surface area contributed by atoms with Crippen molar-refractivity contribution in [3.63, 3.8) is 0 Å². The maximum atomic E-state index is 6.06. The molecule has 4 heteroatoms. The van der Waals surface area contributed by atoms with Crippen LogP contribution in [0.4, 0.5) is 11.4 Å². The van der Waals surface area contributed by atoms with Gasteiger partial charge in [0.15, 0.2) is 0 Å². The minimum absolute atomic E-state index is 0.425. The third-order valence-electron chi connectivity index (χ3n) is 2.86. The Hall–Kier alpha value is -0.600. The van der Waals surface area contributed by atoms with E-state index in [4.69, 9.17) is 28.9 Å². The van der Waals surface area contributed by atoms with Gasteiger partial charge < -0.3 is 11.1 Å². The molecule has 0 saturated heterocycles. The predicted octanol–water partition coefficient (Wildman–Crippen LogP) is 3.79. The van der Waals surface area contributed by atoms with Crippen LogP contribution in [0.2, 0.25) is 10.0 Å². The Morgan fingerprint density at radius 3 is 2.33 bits per heavy atom. The van der Waals surface area contributed by atoms with Crippen LogP contribution in [-0.2, 0) is 0 Å². The van der Waals surface area contributed by atoms with Gasteiger partial charge in [0.2, 0.25) is 0 Å². The Bertz CT molecular complexity index is 363. The average Bonchev–Trinajstić information content (AvgIpc) is 2.82. The summed E-state index contributed by atoms with van der Waals surface area (Å²) < 4.78 is 0. The number of nitrogen functional groups attached to an aromatic ring is 1. The Balaban J connectivity index is 2.13. The lowest BCUT2D eigenvalue weighted by Crippen LogP contribution is -2.12. The van der Waals surface area contributed by atoms with Crippen molar-refractivity contribution in [3.05, 3.63) is 22.2 Å². The van der Waals surface area contributed by atoms with Crippen molar-refractivity contribution in [2.45, 2.75) is 19.8 Å². The van der Waals surface area contributed by atoms with E-state index in [0.29, 0.717) is 21.1 Å². The molecule has 1 fully saturated rings. The van der Waals surface area contributed by atoms with Gasteiger partial charge in [0, 0.05) is 12.2 Å². The lowest BCUT2D eigenvalue weighted by molar-refractivity contribution is 0.611. The molecule has 15 heavy (non-hydrogen) atoms. The highest BCUT2D eigenvalue weighted by Crippen LogP contribution is 2.45. The molecule has 1 aliphatic rings. The maximum Gasteiger partial charge on any atom is 0.0720 e. The summed E-state index contributed by atoms with van der Waals surface area (Å²) in [6.45, 7) is 3.16. The molecule has 0 spiro atoms. The number of halogens is 2. The summed E-state index contributed by atoms with van der Waals surface area (Å²) in [5, 5.41) is 4.47. The molecule has 0 heterocycles. The molecule has 0 bridgehead atoms. The minimum atomic E-state index is 0.425. The summed E-state index contributed by atoms with van der Waals surface area (Å²) in [6.07, 6.45) is 2.54. The molecule has 0 unspecified atom stereocenters. The number of benzene rings is 1. The Kier molecular flexibility index (Phi) is 2.73. The highest BCUT2D eigenvalue weighted by Gasteiger charge is 2.36. The largest absolute Gasteiger partial charge is 0.399 e. The topological polar surface area (TPSA) is 38.0 Å². The summed E-state index contributed by atoms with van der Waals surface area (Å²) in [5.74, 6) is 0. The second kappa shape index (κ2) is 3.76. The van der Waals surface area contributed by atoms with E-state index in [1.165, 1.54) is 12.8 Å². The van der Waals surface area contributed by atoms with Crippen LogP contribution < -0.4 is 11.1 Å².